The Labute approximate surface area is 100 Å². The third-order valence-electron chi connectivity index (χ3n) is 3.14. The van der Waals surface area contributed by atoms with Crippen molar-refractivity contribution in [2.24, 2.45) is 0 Å². The fraction of sp³-hybridized carbons (Fsp3) is 0.538. The molecule has 1 unspecified atom stereocenters. The molecule has 2 rings (SSSR count). The van der Waals surface area contributed by atoms with Gasteiger partial charge in [-0.3, -0.25) is 0 Å². The predicted molar refractivity (Wildman–Crippen MR) is 64.0 cm³/mol. The second-order valence-corrected chi connectivity index (χ2v) is 4.48. The van der Waals surface area contributed by atoms with Crippen molar-refractivity contribution in [1.29, 1.82) is 0 Å². The van der Waals surface area contributed by atoms with E-state index in [1.807, 2.05) is 0 Å². The summed E-state index contributed by atoms with van der Waals surface area (Å²) in [7, 11) is 0. The maximum atomic E-state index is 13.3. The van der Waals surface area contributed by atoms with Crippen LogP contribution in [0.2, 0.25) is 0 Å². The minimum atomic E-state index is -0.519. The van der Waals surface area contributed by atoms with Crippen LogP contribution in [0.5, 0.6) is 0 Å². The van der Waals surface area contributed by atoms with Crippen molar-refractivity contribution in [2.45, 2.75) is 25.3 Å². The second-order valence-electron chi connectivity index (χ2n) is 4.48. The van der Waals surface area contributed by atoms with Crippen molar-refractivity contribution in [1.82, 2.24) is 10.6 Å². The van der Waals surface area contributed by atoms with Gasteiger partial charge in [0.05, 0.1) is 0 Å². The van der Waals surface area contributed by atoms with Crippen molar-refractivity contribution < 1.29 is 8.78 Å². The Balaban J connectivity index is 1.70. The Morgan fingerprint density at radius 1 is 1.35 bits per heavy atom. The van der Waals surface area contributed by atoms with Gasteiger partial charge >= 0.3 is 0 Å². The topological polar surface area (TPSA) is 24.1 Å². The van der Waals surface area contributed by atoms with Crippen LogP contribution in [-0.4, -0.2) is 25.7 Å². The number of benzene rings is 1. The van der Waals surface area contributed by atoms with Gasteiger partial charge in [0.1, 0.15) is 11.6 Å². The number of nitrogens with one attached hydrogen (secondary N) is 2. The van der Waals surface area contributed by atoms with Crippen LogP contribution in [0.3, 0.4) is 0 Å². The van der Waals surface area contributed by atoms with Crippen LogP contribution in [0.15, 0.2) is 18.2 Å². The van der Waals surface area contributed by atoms with Crippen LogP contribution < -0.4 is 10.6 Å². The van der Waals surface area contributed by atoms with Gasteiger partial charge in [-0.05, 0) is 44.0 Å². The molecule has 1 aliphatic rings. The highest BCUT2D eigenvalue weighted by Gasteiger charge is 2.12. The number of hydrogen-bond donors (Lipinski definition) is 2. The lowest BCUT2D eigenvalue weighted by Crippen LogP contribution is -2.34. The van der Waals surface area contributed by atoms with E-state index in [0.29, 0.717) is 18.0 Å². The highest BCUT2D eigenvalue weighted by atomic mass is 19.1. The average molecular weight is 240 g/mol. The zero-order valence-corrected chi connectivity index (χ0v) is 9.81. The van der Waals surface area contributed by atoms with Crippen molar-refractivity contribution in [3.8, 4) is 0 Å². The van der Waals surface area contributed by atoms with Gasteiger partial charge in [0, 0.05) is 18.7 Å². The summed E-state index contributed by atoms with van der Waals surface area (Å²) in [4.78, 5) is 0. The second kappa shape index (κ2) is 6.07. The van der Waals surface area contributed by atoms with Crippen molar-refractivity contribution in [3.05, 3.63) is 35.4 Å². The molecule has 1 aliphatic heterocycles. The zero-order chi connectivity index (χ0) is 12.1. The molecule has 1 aromatic rings. The van der Waals surface area contributed by atoms with E-state index in [9.17, 15) is 8.78 Å². The van der Waals surface area contributed by atoms with Crippen LogP contribution >= 0.6 is 0 Å². The molecule has 0 bridgehead atoms. The summed E-state index contributed by atoms with van der Waals surface area (Å²) >= 11 is 0. The average Bonchev–Trinajstić information content (AvgIpc) is 2.79. The predicted octanol–water partition coefficient (Wildman–Crippen LogP) is 1.85. The third kappa shape index (κ3) is 3.75. The Kier molecular flexibility index (Phi) is 4.45. The standard InChI is InChI=1S/C13H18F2N2/c14-11-4-3-10(13(15)8-11)5-7-16-9-12-2-1-6-17-12/h3-4,8,12,16-17H,1-2,5-7,9H2. The quantitative estimate of drug-likeness (QED) is 0.768. The maximum absolute atomic E-state index is 13.3. The molecule has 1 atom stereocenters. The van der Waals surface area contributed by atoms with Crippen molar-refractivity contribution in [3.63, 3.8) is 0 Å². The summed E-state index contributed by atoms with van der Waals surface area (Å²) in [5, 5.41) is 6.68. The summed E-state index contributed by atoms with van der Waals surface area (Å²) in [6.07, 6.45) is 3.04. The van der Waals surface area contributed by atoms with E-state index in [1.165, 1.54) is 25.0 Å². The first-order chi connectivity index (χ1) is 8.25. The molecule has 0 amide bonds. The van der Waals surface area contributed by atoms with E-state index in [-0.39, 0.29) is 0 Å². The van der Waals surface area contributed by atoms with Gasteiger partial charge in [0.15, 0.2) is 0 Å². The molecule has 0 saturated carbocycles. The molecule has 4 heteroatoms. The smallest absolute Gasteiger partial charge is 0.129 e. The molecule has 2 N–H and O–H groups in total. The van der Waals surface area contributed by atoms with Gasteiger partial charge in [0.25, 0.3) is 0 Å². The molecule has 17 heavy (non-hydrogen) atoms. The highest BCUT2D eigenvalue weighted by Crippen LogP contribution is 2.09. The fourth-order valence-electron chi connectivity index (χ4n) is 2.15. The van der Waals surface area contributed by atoms with Gasteiger partial charge in [-0.2, -0.15) is 0 Å². The van der Waals surface area contributed by atoms with Crippen LogP contribution in [-0.2, 0) is 6.42 Å². The van der Waals surface area contributed by atoms with Gasteiger partial charge < -0.3 is 10.6 Å². The van der Waals surface area contributed by atoms with E-state index in [1.54, 1.807) is 0 Å². The Morgan fingerprint density at radius 2 is 2.24 bits per heavy atom. The number of hydrogen-bond acceptors (Lipinski definition) is 2. The summed E-state index contributed by atoms with van der Waals surface area (Å²) < 4.78 is 26.0. The Morgan fingerprint density at radius 3 is 2.94 bits per heavy atom. The van der Waals surface area contributed by atoms with E-state index in [0.717, 1.165) is 25.7 Å². The monoisotopic (exact) mass is 240 g/mol. The number of halogens is 2. The summed E-state index contributed by atoms with van der Waals surface area (Å²) in [5.41, 5.74) is 0.568. The highest BCUT2D eigenvalue weighted by molar-refractivity contribution is 5.18. The molecule has 1 saturated heterocycles. The molecule has 0 spiro atoms. The number of rotatable bonds is 5. The van der Waals surface area contributed by atoms with E-state index < -0.39 is 11.6 Å². The molecule has 0 radical (unpaired) electrons. The lowest BCUT2D eigenvalue weighted by atomic mass is 10.1. The van der Waals surface area contributed by atoms with E-state index in [2.05, 4.69) is 10.6 Å². The van der Waals surface area contributed by atoms with E-state index in [4.69, 9.17) is 0 Å². The maximum Gasteiger partial charge on any atom is 0.129 e. The van der Waals surface area contributed by atoms with Gasteiger partial charge in [-0.1, -0.05) is 6.07 Å². The van der Waals surface area contributed by atoms with Crippen molar-refractivity contribution >= 4 is 0 Å². The SMILES string of the molecule is Fc1ccc(CCNCC2CCCN2)c(F)c1. The molecule has 0 aromatic heterocycles. The lowest BCUT2D eigenvalue weighted by molar-refractivity contribution is 0.529. The molecule has 94 valence electrons. The minimum absolute atomic E-state index is 0.453. The Bertz CT molecular complexity index is 362. The molecular weight excluding hydrogens is 222 g/mol. The molecule has 0 aliphatic carbocycles. The van der Waals surface area contributed by atoms with Crippen LogP contribution in [0.4, 0.5) is 8.78 Å². The summed E-state index contributed by atoms with van der Waals surface area (Å²) in [6, 6.07) is 4.30. The molecule has 1 heterocycles. The molecule has 1 fully saturated rings. The first-order valence-corrected chi connectivity index (χ1v) is 6.14. The van der Waals surface area contributed by atoms with Crippen LogP contribution in [0, 0.1) is 11.6 Å². The zero-order valence-electron chi connectivity index (χ0n) is 9.81. The molecule has 1 aromatic carbocycles. The first-order valence-electron chi connectivity index (χ1n) is 6.14. The summed E-state index contributed by atoms with van der Waals surface area (Å²) in [6.45, 7) is 2.74. The first kappa shape index (κ1) is 12.5. The lowest BCUT2D eigenvalue weighted by Gasteiger charge is -2.11. The van der Waals surface area contributed by atoms with Gasteiger partial charge in [-0.25, -0.2) is 8.78 Å². The minimum Gasteiger partial charge on any atom is -0.315 e. The largest absolute Gasteiger partial charge is 0.315 e. The molecular formula is C13H18F2N2. The normalized spacial score (nSPS) is 19.8. The van der Waals surface area contributed by atoms with Crippen LogP contribution in [0.25, 0.3) is 0 Å². The summed E-state index contributed by atoms with van der Waals surface area (Å²) in [5.74, 6) is -0.972. The molecule has 2 nitrogen and oxygen atoms in total. The fourth-order valence-corrected chi connectivity index (χ4v) is 2.15. The van der Waals surface area contributed by atoms with Crippen LogP contribution in [0.1, 0.15) is 18.4 Å². The van der Waals surface area contributed by atoms with Gasteiger partial charge in [0.2, 0.25) is 0 Å². The third-order valence-corrected chi connectivity index (χ3v) is 3.14. The van der Waals surface area contributed by atoms with Gasteiger partial charge in [-0.15, -0.1) is 0 Å². The van der Waals surface area contributed by atoms with Crippen molar-refractivity contribution in [2.75, 3.05) is 19.6 Å². The van der Waals surface area contributed by atoms with E-state index >= 15 is 0 Å². The Hall–Kier alpha value is -1.00.